The average Bonchev–Trinajstić information content (AvgIpc) is 2.46. The Labute approximate surface area is 113 Å². The molecule has 104 valence electrons. The predicted molar refractivity (Wildman–Crippen MR) is 74.9 cm³/mol. The van der Waals surface area contributed by atoms with Gasteiger partial charge in [0.15, 0.2) is 0 Å². The summed E-state index contributed by atoms with van der Waals surface area (Å²) in [4.78, 5) is 12.2. The summed E-state index contributed by atoms with van der Waals surface area (Å²) in [6.45, 7) is 4.17. The Kier molecular flexibility index (Phi) is 4.76. The number of carbonyl (C=O) groups is 1. The molecule has 0 aromatic heterocycles. The van der Waals surface area contributed by atoms with Crippen LogP contribution in [0.2, 0.25) is 0 Å². The van der Waals surface area contributed by atoms with Crippen LogP contribution in [0.15, 0.2) is 18.2 Å². The maximum absolute atomic E-state index is 12.2. The second-order valence-electron chi connectivity index (χ2n) is 4.99. The molecule has 1 fully saturated rings. The third kappa shape index (κ3) is 3.68. The Morgan fingerprint density at radius 3 is 3.05 bits per heavy atom. The molecule has 1 saturated heterocycles. The van der Waals surface area contributed by atoms with Crippen molar-refractivity contribution in [3.8, 4) is 0 Å². The summed E-state index contributed by atoms with van der Waals surface area (Å²) in [5, 5.41) is 2.96. The van der Waals surface area contributed by atoms with Gasteiger partial charge in [-0.1, -0.05) is 11.6 Å². The van der Waals surface area contributed by atoms with Crippen molar-refractivity contribution in [1.82, 2.24) is 5.32 Å². The lowest BCUT2D eigenvalue weighted by atomic mass is 10.0. The maximum Gasteiger partial charge on any atom is 0.253 e. The highest BCUT2D eigenvalue weighted by Gasteiger charge is 2.16. The summed E-state index contributed by atoms with van der Waals surface area (Å²) >= 11 is 0. The molecule has 0 aliphatic carbocycles. The highest BCUT2D eigenvalue weighted by molar-refractivity contribution is 5.99. The number of hydrogen-bond acceptors (Lipinski definition) is 4. The molecule has 1 unspecified atom stereocenters. The molecule has 1 amide bonds. The molecule has 0 radical (unpaired) electrons. The van der Waals surface area contributed by atoms with E-state index in [1.54, 1.807) is 0 Å². The van der Waals surface area contributed by atoms with Crippen LogP contribution >= 0.6 is 0 Å². The van der Waals surface area contributed by atoms with Gasteiger partial charge in [-0.25, -0.2) is 0 Å². The number of hydrazine groups is 1. The molecule has 0 saturated carbocycles. The maximum atomic E-state index is 12.2. The SMILES string of the molecule is Cc1ccc(NN)c(C(=O)NCC2CCCOC2)c1. The van der Waals surface area contributed by atoms with E-state index in [0.29, 0.717) is 23.7 Å². The van der Waals surface area contributed by atoms with Crippen molar-refractivity contribution < 1.29 is 9.53 Å². The van der Waals surface area contributed by atoms with Crippen LogP contribution in [0, 0.1) is 12.8 Å². The van der Waals surface area contributed by atoms with Gasteiger partial charge in [0.05, 0.1) is 17.9 Å². The van der Waals surface area contributed by atoms with E-state index in [1.165, 1.54) is 0 Å². The smallest absolute Gasteiger partial charge is 0.253 e. The first-order chi connectivity index (χ1) is 9.20. The summed E-state index contributed by atoms with van der Waals surface area (Å²) in [7, 11) is 0. The zero-order valence-electron chi connectivity index (χ0n) is 11.2. The van der Waals surface area contributed by atoms with Crippen LogP contribution in [-0.4, -0.2) is 25.7 Å². The molecule has 19 heavy (non-hydrogen) atoms. The van der Waals surface area contributed by atoms with Gasteiger partial charge in [-0.2, -0.15) is 0 Å². The Morgan fingerprint density at radius 2 is 2.37 bits per heavy atom. The Hall–Kier alpha value is -1.59. The van der Waals surface area contributed by atoms with Crippen LogP contribution in [0.25, 0.3) is 0 Å². The highest BCUT2D eigenvalue weighted by Crippen LogP contribution is 2.17. The van der Waals surface area contributed by atoms with Crippen LogP contribution in [-0.2, 0) is 4.74 Å². The van der Waals surface area contributed by atoms with E-state index in [9.17, 15) is 4.79 Å². The number of nitrogens with two attached hydrogens (primary N) is 1. The molecule has 0 bridgehead atoms. The Balaban J connectivity index is 1.97. The first-order valence-electron chi connectivity index (χ1n) is 6.64. The number of hydrogen-bond donors (Lipinski definition) is 3. The van der Waals surface area contributed by atoms with Crippen molar-refractivity contribution in [2.45, 2.75) is 19.8 Å². The van der Waals surface area contributed by atoms with E-state index >= 15 is 0 Å². The fourth-order valence-electron chi connectivity index (χ4n) is 2.27. The zero-order chi connectivity index (χ0) is 13.7. The lowest BCUT2D eigenvalue weighted by Crippen LogP contribution is -2.33. The first-order valence-corrected chi connectivity index (χ1v) is 6.64. The number of anilines is 1. The lowest BCUT2D eigenvalue weighted by Gasteiger charge is -2.22. The number of aryl methyl sites for hydroxylation is 1. The van der Waals surface area contributed by atoms with Crippen LogP contribution in [0.4, 0.5) is 5.69 Å². The topological polar surface area (TPSA) is 76.4 Å². The van der Waals surface area contributed by atoms with E-state index in [1.807, 2.05) is 25.1 Å². The van der Waals surface area contributed by atoms with Gasteiger partial charge in [0.25, 0.3) is 5.91 Å². The minimum Gasteiger partial charge on any atom is -0.381 e. The normalized spacial score (nSPS) is 18.9. The van der Waals surface area contributed by atoms with Crippen molar-refractivity contribution in [2.75, 3.05) is 25.2 Å². The fraction of sp³-hybridized carbons (Fsp3) is 0.500. The Bertz CT molecular complexity index is 442. The number of carbonyl (C=O) groups excluding carboxylic acids is 1. The molecule has 1 aliphatic heterocycles. The number of rotatable bonds is 4. The molecule has 0 spiro atoms. The monoisotopic (exact) mass is 263 g/mol. The summed E-state index contributed by atoms with van der Waals surface area (Å²) in [6, 6.07) is 5.57. The van der Waals surface area contributed by atoms with Crippen molar-refractivity contribution in [1.29, 1.82) is 0 Å². The van der Waals surface area contributed by atoms with Crippen molar-refractivity contribution in [2.24, 2.45) is 11.8 Å². The van der Waals surface area contributed by atoms with E-state index < -0.39 is 0 Å². The van der Waals surface area contributed by atoms with Crippen molar-refractivity contribution >= 4 is 11.6 Å². The minimum atomic E-state index is -0.0952. The predicted octanol–water partition coefficient (Wildman–Crippen LogP) is 1.44. The van der Waals surface area contributed by atoms with Crippen LogP contribution in [0.1, 0.15) is 28.8 Å². The largest absolute Gasteiger partial charge is 0.381 e. The number of amides is 1. The molecule has 1 atom stereocenters. The number of benzene rings is 1. The summed E-state index contributed by atoms with van der Waals surface area (Å²) in [5.41, 5.74) is 4.81. The molecule has 5 nitrogen and oxygen atoms in total. The van der Waals surface area contributed by atoms with Gasteiger partial charge in [0, 0.05) is 13.2 Å². The van der Waals surface area contributed by atoms with Crippen molar-refractivity contribution in [3.05, 3.63) is 29.3 Å². The van der Waals surface area contributed by atoms with Crippen LogP contribution in [0.3, 0.4) is 0 Å². The first kappa shape index (κ1) is 13.8. The van der Waals surface area contributed by atoms with Gasteiger partial charge in [-0.05, 0) is 37.8 Å². The van der Waals surface area contributed by atoms with E-state index in [2.05, 4.69) is 10.7 Å². The van der Waals surface area contributed by atoms with Gasteiger partial charge < -0.3 is 15.5 Å². The van der Waals surface area contributed by atoms with E-state index in [4.69, 9.17) is 10.6 Å². The van der Waals surface area contributed by atoms with Gasteiger partial charge >= 0.3 is 0 Å². The summed E-state index contributed by atoms with van der Waals surface area (Å²) < 4.78 is 5.40. The van der Waals surface area contributed by atoms with Crippen molar-refractivity contribution in [3.63, 3.8) is 0 Å². The number of nitrogens with one attached hydrogen (secondary N) is 2. The third-order valence-corrected chi connectivity index (χ3v) is 3.38. The quantitative estimate of drug-likeness (QED) is 0.567. The number of nitrogen functional groups attached to an aromatic ring is 1. The van der Waals surface area contributed by atoms with Gasteiger partial charge in [0.1, 0.15) is 0 Å². The molecular weight excluding hydrogens is 242 g/mol. The van der Waals surface area contributed by atoms with E-state index in [-0.39, 0.29) is 5.91 Å². The van der Waals surface area contributed by atoms with Crippen LogP contribution in [0.5, 0.6) is 0 Å². The molecule has 4 N–H and O–H groups in total. The Morgan fingerprint density at radius 1 is 1.53 bits per heavy atom. The fourth-order valence-corrected chi connectivity index (χ4v) is 2.27. The molecule has 1 aromatic rings. The molecule has 5 heteroatoms. The van der Waals surface area contributed by atoms with Crippen LogP contribution < -0.4 is 16.6 Å². The second kappa shape index (κ2) is 6.54. The van der Waals surface area contributed by atoms with Gasteiger partial charge in [-0.15, -0.1) is 0 Å². The standard InChI is InChI=1S/C14H21N3O2/c1-10-4-5-13(17-15)12(7-10)14(18)16-8-11-3-2-6-19-9-11/h4-5,7,11,17H,2-3,6,8-9,15H2,1H3,(H,16,18). The zero-order valence-corrected chi connectivity index (χ0v) is 11.2. The highest BCUT2D eigenvalue weighted by atomic mass is 16.5. The molecule has 1 heterocycles. The van der Waals surface area contributed by atoms with Gasteiger partial charge in [0.2, 0.25) is 0 Å². The number of ether oxygens (including phenoxy) is 1. The average molecular weight is 263 g/mol. The molecule has 1 aromatic carbocycles. The summed E-state index contributed by atoms with van der Waals surface area (Å²) in [6.07, 6.45) is 2.18. The third-order valence-electron chi connectivity index (χ3n) is 3.38. The van der Waals surface area contributed by atoms with E-state index in [0.717, 1.165) is 31.6 Å². The second-order valence-corrected chi connectivity index (χ2v) is 4.99. The molecule has 2 rings (SSSR count). The molecular formula is C14H21N3O2. The summed E-state index contributed by atoms with van der Waals surface area (Å²) in [5.74, 6) is 5.75. The lowest BCUT2D eigenvalue weighted by molar-refractivity contribution is 0.0536. The minimum absolute atomic E-state index is 0.0952. The van der Waals surface area contributed by atoms with Gasteiger partial charge in [-0.3, -0.25) is 10.6 Å². The molecule has 1 aliphatic rings.